The summed E-state index contributed by atoms with van der Waals surface area (Å²) in [6, 6.07) is 6.63. The lowest BCUT2D eigenvalue weighted by Gasteiger charge is -2.40. The Kier molecular flexibility index (Phi) is 7.37. The molecule has 2 aliphatic carbocycles. The summed E-state index contributed by atoms with van der Waals surface area (Å²) < 4.78 is 6.56. The first-order valence-electron chi connectivity index (χ1n) is 12.4. The number of nitrogens with one attached hydrogen (secondary N) is 1. The van der Waals surface area contributed by atoms with E-state index >= 15 is 0 Å². The molecule has 194 valence electrons. The first-order valence-corrected chi connectivity index (χ1v) is 13.6. The van der Waals surface area contributed by atoms with Crippen LogP contribution in [0.25, 0.3) is 0 Å². The number of aromatic hydroxyl groups is 1. The van der Waals surface area contributed by atoms with Crippen LogP contribution >= 0.6 is 27.5 Å². The third-order valence-electron chi connectivity index (χ3n) is 8.82. The Morgan fingerprint density at radius 1 is 1.25 bits per heavy atom. The van der Waals surface area contributed by atoms with Crippen molar-refractivity contribution in [3.63, 3.8) is 0 Å². The number of phenols is 1. The Bertz CT molecular complexity index is 1210. The van der Waals surface area contributed by atoms with Crippen molar-refractivity contribution in [1.29, 1.82) is 0 Å². The highest BCUT2D eigenvalue weighted by Gasteiger charge is 2.62. The largest absolute Gasteiger partial charge is 0.506 e. The lowest BCUT2D eigenvalue weighted by molar-refractivity contribution is -0.134. The van der Waals surface area contributed by atoms with Gasteiger partial charge in [-0.3, -0.25) is 4.79 Å². The van der Waals surface area contributed by atoms with E-state index in [-0.39, 0.29) is 51.8 Å². The molecule has 3 N–H and O–H groups in total. The number of fused-ring (bicyclic) bond motifs is 2. The SMILES string of the molecule is CCCC(=O)Oc1c(C(=O)O)ccc(NCc2cc(Br)cc(Cl)c2O)c1C1CC2CCC1(C)C2(C)C. The van der Waals surface area contributed by atoms with Crippen LogP contribution in [-0.4, -0.2) is 22.2 Å². The Morgan fingerprint density at radius 3 is 2.56 bits per heavy atom. The predicted octanol–water partition coefficient (Wildman–Crippen LogP) is 7.75. The maximum atomic E-state index is 12.6. The van der Waals surface area contributed by atoms with Gasteiger partial charge < -0.3 is 20.3 Å². The molecule has 4 rings (SSSR count). The molecule has 2 aromatic carbocycles. The van der Waals surface area contributed by atoms with Crippen LogP contribution in [0.2, 0.25) is 5.02 Å². The molecule has 2 saturated carbocycles. The molecule has 0 radical (unpaired) electrons. The minimum atomic E-state index is -1.13. The Labute approximate surface area is 225 Å². The van der Waals surface area contributed by atoms with Crippen molar-refractivity contribution >= 4 is 45.2 Å². The van der Waals surface area contributed by atoms with Crippen molar-refractivity contribution in [2.45, 2.75) is 72.3 Å². The molecule has 0 amide bonds. The average Bonchev–Trinajstić information content (AvgIpc) is 3.14. The van der Waals surface area contributed by atoms with Gasteiger partial charge in [0.2, 0.25) is 0 Å². The van der Waals surface area contributed by atoms with Crippen molar-refractivity contribution in [2.24, 2.45) is 16.7 Å². The number of hydrogen-bond acceptors (Lipinski definition) is 5. The smallest absolute Gasteiger partial charge is 0.339 e. The van der Waals surface area contributed by atoms with Gasteiger partial charge in [-0.2, -0.15) is 0 Å². The van der Waals surface area contributed by atoms with Gasteiger partial charge in [0, 0.05) is 34.3 Å². The van der Waals surface area contributed by atoms with E-state index in [1.165, 1.54) is 6.07 Å². The van der Waals surface area contributed by atoms with Crippen LogP contribution in [-0.2, 0) is 11.3 Å². The second kappa shape index (κ2) is 9.90. The van der Waals surface area contributed by atoms with Crippen LogP contribution < -0.4 is 10.1 Å². The molecule has 0 spiro atoms. The number of halogens is 2. The number of aromatic carboxylic acids is 1. The molecule has 2 bridgehead atoms. The molecule has 3 unspecified atom stereocenters. The zero-order chi connectivity index (χ0) is 26.4. The Balaban J connectivity index is 1.84. The van der Waals surface area contributed by atoms with Crippen LogP contribution in [0.5, 0.6) is 11.5 Å². The normalized spacial score (nSPS) is 24.1. The molecule has 8 heteroatoms. The fraction of sp³-hybridized carbons (Fsp3) is 0.500. The lowest BCUT2D eigenvalue weighted by atomic mass is 9.64. The van der Waals surface area contributed by atoms with Gasteiger partial charge in [0.1, 0.15) is 11.3 Å². The average molecular weight is 579 g/mol. The number of carbonyl (C=O) groups excluding carboxylic acids is 1. The molecule has 2 aliphatic rings. The maximum Gasteiger partial charge on any atom is 0.339 e. The fourth-order valence-electron chi connectivity index (χ4n) is 6.33. The summed E-state index contributed by atoms with van der Waals surface area (Å²) >= 11 is 9.58. The maximum absolute atomic E-state index is 12.6. The molecule has 2 fully saturated rings. The molecule has 0 saturated heterocycles. The predicted molar refractivity (Wildman–Crippen MR) is 144 cm³/mol. The number of ether oxygens (including phenoxy) is 1. The summed E-state index contributed by atoms with van der Waals surface area (Å²) in [4.78, 5) is 24.9. The van der Waals surface area contributed by atoms with Gasteiger partial charge in [-0.05, 0) is 72.6 Å². The lowest BCUT2D eigenvalue weighted by Crippen LogP contribution is -2.32. The molecular formula is C28H33BrClNO5. The first-order chi connectivity index (χ1) is 16.9. The van der Waals surface area contributed by atoms with Gasteiger partial charge in [0.15, 0.2) is 5.75 Å². The standard InChI is InChI=1S/C28H33BrClNO5/c1-5-6-22(32)36-25-18(26(34)35)7-8-21(31-14-15-11-17(29)13-20(30)24(15)33)23(25)19-12-16-9-10-28(19,4)27(16,2)3/h7-8,11,13,16,19,31,33H,5-6,9-10,12,14H2,1-4H3,(H,34,35). The number of phenolic OH excluding ortho intramolecular Hbond substituents is 1. The fourth-order valence-corrected chi connectivity index (χ4v) is 7.21. The number of rotatable bonds is 8. The van der Waals surface area contributed by atoms with Crippen LogP contribution in [0.4, 0.5) is 5.69 Å². The minimum Gasteiger partial charge on any atom is -0.506 e. The summed E-state index contributed by atoms with van der Waals surface area (Å²) in [7, 11) is 0. The minimum absolute atomic E-state index is 0.0113. The van der Waals surface area contributed by atoms with Gasteiger partial charge in [0.05, 0.1) is 5.02 Å². The molecule has 0 heterocycles. The van der Waals surface area contributed by atoms with Gasteiger partial charge >= 0.3 is 11.9 Å². The van der Waals surface area contributed by atoms with Gasteiger partial charge in [-0.1, -0.05) is 55.2 Å². The Morgan fingerprint density at radius 2 is 1.97 bits per heavy atom. The van der Waals surface area contributed by atoms with Crippen molar-refractivity contribution in [1.82, 2.24) is 0 Å². The number of carboxylic acid groups (broad SMARTS) is 1. The number of anilines is 1. The van der Waals surface area contributed by atoms with Crippen LogP contribution in [0.15, 0.2) is 28.7 Å². The molecule has 0 aromatic heterocycles. The Hall–Kier alpha value is -2.25. The topological polar surface area (TPSA) is 95.9 Å². The zero-order valence-electron chi connectivity index (χ0n) is 21.1. The monoisotopic (exact) mass is 577 g/mol. The van der Waals surface area contributed by atoms with E-state index in [0.29, 0.717) is 23.6 Å². The summed E-state index contributed by atoms with van der Waals surface area (Å²) in [5, 5.41) is 24.1. The van der Waals surface area contributed by atoms with Gasteiger partial charge in [-0.25, -0.2) is 4.79 Å². The number of hydrogen-bond donors (Lipinski definition) is 3. The van der Waals surface area contributed by atoms with Crippen molar-refractivity contribution in [3.8, 4) is 11.5 Å². The molecule has 3 atom stereocenters. The summed E-state index contributed by atoms with van der Waals surface area (Å²) in [5.74, 6) is -0.942. The highest BCUT2D eigenvalue weighted by molar-refractivity contribution is 9.10. The van der Waals surface area contributed by atoms with E-state index in [0.717, 1.165) is 29.3 Å². The van der Waals surface area contributed by atoms with Gasteiger partial charge in [-0.15, -0.1) is 0 Å². The molecular weight excluding hydrogens is 546 g/mol. The number of carboxylic acids is 1. The van der Waals surface area contributed by atoms with Crippen LogP contribution in [0.1, 0.15) is 87.2 Å². The summed E-state index contributed by atoms with van der Waals surface area (Å²) in [6.45, 7) is 9.00. The van der Waals surface area contributed by atoms with Crippen molar-refractivity contribution in [3.05, 3.63) is 50.5 Å². The summed E-state index contributed by atoms with van der Waals surface area (Å²) in [5.41, 5.74) is 1.99. The molecule has 6 nitrogen and oxygen atoms in total. The number of esters is 1. The second-order valence-corrected chi connectivity index (χ2v) is 12.2. The highest BCUT2D eigenvalue weighted by atomic mass is 79.9. The van der Waals surface area contributed by atoms with E-state index in [4.69, 9.17) is 16.3 Å². The quantitative estimate of drug-likeness (QED) is 0.219. The molecule has 2 aromatic rings. The van der Waals surface area contributed by atoms with E-state index in [9.17, 15) is 19.8 Å². The second-order valence-electron chi connectivity index (χ2n) is 10.8. The van der Waals surface area contributed by atoms with Crippen LogP contribution in [0.3, 0.4) is 0 Å². The van der Waals surface area contributed by atoms with Crippen molar-refractivity contribution in [2.75, 3.05) is 5.32 Å². The molecule has 0 aliphatic heterocycles. The third kappa shape index (κ3) is 4.49. The van der Waals surface area contributed by atoms with E-state index in [1.54, 1.807) is 18.2 Å². The molecule has 36 heavy (non-hydrogen) atoms. The highest BCUT2D eigenvalue weighted by Crippen LogP contribution is 2.72. The summed E-state index contributed by atoms with van der Waals surface area (Å²) in [6.07, 6.45) is 3.87. The zero-order valence-corrected chi connectivity index (χ0v) is 23.4. The van der Waals surface area contributed by atoms with Crippen molar-refractivity contribution < 1.29 is 24.5 Å². The third-order valence-corrected chi connectivity index (χ3v) is 9.56. The van der Waals surface area contributed by atoms with Crippen LogP contribution in [0, 0.1) is 16.7 Å². The first kappa shape index (κ1) is 26.8. The van der Waals surface area contributed by atoms with E-state index in [1.807, 2.05) is 6.92 Å². The van der Waals surface area contributed by atoms with Gasteiger partial charge in [0.25, 0.3) is 0 Å². The number of carbonyl (C=O) groups is 2. The number of benzene rings is 2. The van der Waals surface area contributed by atoms with E-state index < -0.39 is 11.9 Å². The van der Waals surface area contributed by atoms with E-state index in [2.05, 4.69) is 42.0 Å².